The molecule has 30 heavy (non-hydrogen) atoms. The van der Waals surface area contributed by atoms with Crippen molar-refractivity contribution in [2.75, 3.05) is 19.0 Å². The van der Waals surface area contributed by atoms with Crippen molar-refractivity contribution in [3.05, 3.63) is 59.9 Å². The van der Waals surface area contributed by atoms with Crippen LogP contribution in [0.3, 0.4) is 0 Å². The molecule has 2 unspecified atom stereocenters. The number of thioether (sulfide) groups is 1. The molecule has 0 radical (unpaired) electrons. The van der Waals surface area contributed by atoms with Crippen LogP contribution in [0.25, 0.3) is 11.0 Å². The van der Waals surface area contributed by atoms with Crippen molar-refractivity contribution < 1.29 is 18.7 Å². The van der Waals surface area contributed by atoms with E-state index in [1.54, 1.807) is 11.8 Å². The molecule has 1 N–H and O–H groups in total. The molecule has 2 aromatic carbocycles. The molecular weight excluding hydrogens is 398 g/mol. The third-order valence-electron chi connectivity index (χ3n) is 5.18. The number of benzene rings is 2. The highest BCUT2D eigenvalue weighted by molar-refractivity contribution is 7.99. The zero-order valence-corrected chi connectivity index (χ0v) is 18.2. The summed E-state index contributed by atoms with van der Waals surface area (Å²) in [6.45, 7) is 5.28. The lowest BCUT2D eigenvalue weighted by Gasteiger charge is -2.15. The predicted molar refractivity (Wildman–Crippen MR) is 119 cm³/mol. The number of hydrogen-bond acceptors (Lipinski definition) is 5. The van der Waals surface area contributed by atoms with Crippen molar-refractivity contribution in [1.82, 2.24) is 5.32 Å². The molecule has 2 heterocycles. The van der Waals surface area contributed by atoms with Gasteiger partial charge in [-0.1, -0.05) is 24.3 Å². The summed E-state index contributed by atoms with van der Waals surface area (Å²) in [5, 5.41) is 4.04. The first kappa shape index (κ1) is 20.8. The van der Waals surface area contributed by atoms with E-state index in [2.05, 4.69) is 5.32 Å². The quantitative estimate of drug-likeness (QED) is 0.477. The summed E-state index contributed by atoms with van der Waals surface area (Å²) in [6, 6.07) is 15.2. The minimum Gasteiger partial charge on any atom is -0.490 e. The van der Waals surface area contributed by atoms with E-state index >= 15 is 0 Å². The molecule has 3 aromatic rings. The van der Waals surface area contributed by atoms with Crippen LogP contribution >= 0.6 is 11.8 Å². The monoisotopic (exact) mass is 425 g/mol. The average molecular weight is 426 g/mol. The number of hydrogen-bond donors (Lipinski definition) is 1. The second-order valence-electron chi connectivity index (χ2n) is 7.39. The number of amides is 1. The van der Waals surface area contributed by atoms with Crippen LogP contribution in [0.2, 0.25) is 0 Å². The number of fused-ring (bicyclic) bond motifs is 1. The minimum absolute atomic E-state index is 0.108. The van der Waals surface area contributed by atoms with Gasteiger partial charge in [-0.15, -0.1) is 11.8 Å². The highest BCUT2D eigenvalue weighted by Gasteiger charge is 2.20. The maximum atomic E-state index is 13.0. The molecule has 2 atom stereocenters. The van der Waals surface area contributed by atoms with Crippen LogP contribution < -0.4 is 10.1 Å². The number of para-hydroxylation sites is 1. The van der Waals surface area contributed by atoms with Gasteiger partial charge in [0.15, 0.2) is 11.3 Å². The Kier molecular flexibility index (Phi) is 6.65. The largest absolute Gasteiger partial charge is 0.490 e. The topological polar surface area (TPSA) is 60.7 Å². The van der Waals surface area contributed by atoms with E-state index in [1.807, 2.05) is 62.4 Å². The lowest BCUT2D eigenvalue weighted by molar-refractivity contribution is 0.0932. The molecule has 0 bridgehead atoms. The van der Waals surface area contributed by atoms with Crippen LogP contribution in [0.4, 0.5) is 0 Å². The fraction of sp³-hybridized carbons (Fsp3) is 0.375. The van der Waals surface area contributed by atoms with Crippen molar-refractivity contribution in [2.24, 2.45) is 0 Å². The van der Waals surface area contributed by atoms with Crippen LogP contribution in [-0.2, 0) is 4.74 Å². The Morgan fingerprint density at radius 1 is 1.27 bits per heavy atom. The lowest BCUT2D eigenvalue weighted by Crippen LogP contribution is -2.27. The molecule has 0 saturated carbocycles. The fourth-order valence-electron chi connectivity index (χ4n) is 3.62. The average Bonchev–Trinajstić information content (AvgIpc) is 3.43. The first-order chi connectivity index (χ1) is 14.7. The van der Waals surface area contributed by atoms with Crippen molar-refractivity contribution >= 4 is 28.6 Å². The van der Waals surface area contributed by atoms with Crippen LogP contribution in [0.1, 0.15) is 48.8 Å². The van der Waals surface area contributed by atoms with Gasteiger partial charge in [-0.3, -0.25) is 4.79 Å². The number of rotatable bonds is 8. The second kappa shape index (κ2) is 9.58. The number of nitrogens with one attached hydrogen (secondary N) is 1. The van der Waals surface area contributed by atoms with Gasteiger partial charge in [0.2, 0.25) is 0 Å². The highest BCUT2D eigenvalue weighted by Crippen LogP contribution is 2.32. The number of carbonyl (C=O) groups is 1. The number of ether oxygens (including phenoxy) is 2. The van der Waals surface area contributed by atoms with Crippen LogP contribution in [0.15, 0.2) is 57.8 Å². The SMILES string of the molecule is CCOc1cccc2cc(C(C)NC(=O)c3ccccc3SCC3CCCO3)oc12. The van der Waals surface area contributed by atoms with Crippen LogP contribution in [0.5, 0.6) is 5.75 Å². The van der Waals surface area contributed by atoms with Gasteiger partial charge in [-0.2, -0.15) is 0 Å². The third kappa shape index (κ3) is 4.65. The normalized spacial score (nSPS) is 17.2. The Morgan fingerprint density at radius 3 is 2.93 bits per heavy atom. The second-order valence-corrected chi connectivity index (χ2v) is 8.46. The minimum atomic E-state index is -0.268. The van der Waals surface area contributed by atoms with Gasteiger partial charge < -0.3 is 19.2 Å². The summed E-state index contributed by atoms with van der Waals surface area (Å²) in [5.74, 6) is 2.18. The van der Waals surface area contributed by atoms with Gasteiger partial charge in [0.05, 0.1) is 24.3 Å². The Balaban J connectivity index is 1.47. The van der Waals surface area contributed by atoms with E-state index in [0.29, 0.717) is 23.5 Å². The molecule has 0 spiro atoms. The maximum absolute atomic E-state index is 13.0. The smallest absolute Gasteiger partial charge is 0.252 e. The summed E-state index contributed by atoms with van der Waals surface area (Å²) in [4.78, 5) is 14.0. The Bertz CT molecular complexity index is 1010. The van der Waals surface area contributed by atoms with Crippen molar-refractivity contribution in [3.63, 3.8) is 0 Å². The molecule has 4 rings (SSSR count). The molecule has 6 heteroatoms. The lowest BCUT2D eigenvalue weighted by atomic mass is 10.1. The van der Waals surface area contributed by atoms with E-state index in [-0.39, 0.29) is 18.1 Å². The maximum Gasteiger partial charge on any atom is 0.252 e. The number of carbonyl (C=O) groups excluding carboxylic acids is 1. The fourth-order valence-corrected chi connectivity index (χ4v) is 4.74. The first-order valence-electron chi connectivity index (χ1n) is 10.4. The molecular formula is C24H27NO4S. The zero-order chi connectivity index (χ0) is 20.9. The van der Waals surface area contributed by atoms with Gasteiger partial charge in [-0.25, -0.2) is 0 Å². The predicted octanol–water partition coefficient (Wildman–Crippen LogP) is 5.59. The molecule has 1 aliphatic rings. The van der Waals surface area contributed by atoms with Gasteiger partial charge in [0.1, 0.15) is 5.76 Å². The van der Waals surface area contributed by atoms with Crippen molar-refractivity contribution in [2.45, 2.75) is 43.7 Å². The van der Waals surface area contributed by atoms with E-state index in [4.69, 9.17) is 13.9 Å². The summed E-state index contributed by atoms with van der Waals surface area (Å²) in [6.07, 6.45) is 2.49. The standard InChI is InChI=1S/C24H27NO4S/c1-3-27-20-11-6-8-17-14-21(29-23(17)20)16(2)25-24(26)19-10-4-5-12-22(19)30-15-18-9-7-13-28-18/h4-6,8,10-12,14,16,18H,3,7,9,13,15H2,1-2H3,(H,25,26). The molecule has 1 saturated heterocycles. The molecule has 5 nitrogen and oxygen atoms in total. The molecule has 1 fully saturated rings. The van der Waals surface area contributed by atoms with E-state index in [9.17, 15) is 4.79 Å². The van der Waals surface area contributed by atoms with Crippen molar-refractivity contribution in [3.8, 4) is 5.75 Å². The molecule has 1 aliphatic heterocycles. The number of furan rings is 1. The van der Waals surface area contributed by atoms with Gasteiger partial charge in [0, 0.05) is 22.6 Å². The van der Waals surface area contributed by atoms with Gasteiger partial charge >= 0.3 is 0 Å². The van der Waals surface area contributed by atoms with E-state index in [0.717, 1.165) is 41.2 Å². The highest BCUT2D eigenvalue weighted by atomic mass is 32.2. The van der Waals surface area contributed by atoms with Crippen LogP contribution in [-0.4, -0.2) is 31.0 Å². The zero-order valence-electron chi connectivity index (χ0n) is 17.4. The third-order valence-corrected chi connectivity index (χ3v) is 6.39. The Labute approximate surface area is 181 Å². The molecule has 158 valence electrons. The summed E-state index contributed by atoms with van der Waals surface area (Å²) >= 11 is 1.68. The van der Waals surface area contributed by atoms with Crippen molar-refractivity contribution in [1.29, 1.82) is 0 Å². The Morgan fingerprint density at radius 2 is 2.13 bits per heavy atom. The Hall–Kier alpha value is -2.44. The van der Waals surface area contributed by atoms with Crippen LogP contribution in [0, 0.1) is 0 Å². The summed E-state index contributed by atoms with van der Waals surface area (Å²) in [7, 11) is 0. The summed E-state index contributed by atoms with van der Waals surface area (Å²) in [5.41, 5.74) is 1.39. The van der Waals surface area contributed by atoms with E-state index < -0.39 is 0 Å². The first-order valence-corrected chi connectivity index (χ1v) is 11.4. The molecule has 1 aromatic heterocycles. The summed E-state index contributed by atoms with van der Waals surface area (Å²) < 4.78 is 17.4. The van der Waals surface area contributed by atoms with Gasteiger partial charge in [-0.05, 0) is 51.0 Å². The molecule has 1 amide bonds. The van der Waals surface area contributed by atoms with Gasteiger partial charge in [0.25, 0.3) is 5.91 Å². The van der Waals surface area contributed by atoms with E-state index in [1.165, 1.54) is 0 Å². The molecule has 0 aliphatic carbocycles.